The third-order valence-corrected chi connectivity index (χ3v) is 3.62. The van der Waals surface area contributed by atoms with Gasteiger partial charge >= 0.3 is 0 Å². The molecule has 1 aliphatic rings. The van der Waals surface area contributed by atoms with Crippen molar-refractivity contribution in [2.75, 3.05) is 32.8 Å². The first-order valence-electron chi connectivity index (χ1n) is 7.00. The summed E-state index contributed by atoms with van der Waals surface area (Å²) >= 11 is 6.17. The summed E-state index contributed by atoms with van der Waals surface area (Å²) in [6.45, 7) is 6.32. The van der Waals surface area contributed by atoms with Crippen molar-refractivity contribution in [3.63, 3.8) is 0 Å². The van der Waals surface area contributed by atoms with Crippen molar-refractivity contribution < 1.29 is 9.47 Å². The number of piperidine rings is 1. The monoisotopic (exact) mass is 283 g/mol. The first-order chi connectivity index (χ1) is 9.29. The summed E-state index contributed by atoms with van der Waals surface area (Å²) in [5.74, 6) is 1.64. The number of para-hydroxylation sites is 2. The van der Waals surface area contributed by atoms with Gasteiger partial charge in [0.25, 0.3) is 0 Å². The summed E-state index contributed by atoms with van der Waals surface area (Å²) in [5, 5.41) is 0.296. The van der Waals surface area contributed by atoms with Gasteiger partial charge in [-0.2, -0.15) is 0 Å². The smallest absolute Gasteiger partial charge is 0.161 e. The number of alkyl halides is 1. The van der Waals surface area contributed by atoms with E-state index in [1.165, 1.54) is 6.42 Å². The van der Waals surface area contributed by atoms with Crippen LogP contribution < -0.4 is 9.47 Å². The van der Waals surface area contributed by atoms with E-state index in [2.05, 4.69) is 4.90 Å². The predicted molar refractivity (Wildman–Crippen MR) is 78.4 cm³/mol. The lowest BCUT2D eigenvalue weighted by Crippen LogP contribution is -2.38. The van der Waals surface area contributed by atoms with Crippen LogP contribution in [0.1, 0.15) is 19.8 Å². The molecule has 1 unspecified atom stereocenters. The van der Waals surface area contributed by atoms with Crippen LogP contribution in [0.3, 0.4) is 0 Å². The van der Waals surface area contributed by atoms with Gasteiger partial charge in [-0.25, -0.2) is 0 Å². The van der Waals surface area contributed by atoms with Gasteiger partial charge in [-0.1, -0.05) is 12.1 Å². The Morgan fingerprint density at radius 3 is 2.68 bits per heavy atom. The molecule has 4 heteroatoms. The van der Waals surface area contributed by atoms with Crippen LogP contribution >= 0.6 is 11.6 Å². The van der Waals surface area contributed by atoms with E-state index in [9.17, 15) is 0 Å². The fraction of sp³-hybridized carbons (Fsp3) is 0.600. The molecule has 19 heavy (non-hydrogen) atoms. The molecule has 1 atom stereocenters. The van der Waals surface area contributed by atoms with E-state index < -0.39 is 0 Å². The number of hydrogen-bond acceptors (Lipinski definition) is 3. The normalized spacial score (nSPS) is 20.2. The Hall–Kier alpha value is -0.930. The van der Waals surface area contributed by atoms with Crippen LogP contribution in [0.4, 0.5) is 0 Å². The molecular weight excluding hydrogens is 262 g/mol. The molecule has 2 rings (SSSR count). The van der Waals surface area contributed by atoms with Gasteiger partial charge < -0.3 is 9.47 Å². The second kappa shape index (κ2) is 7.61. The van der Waals surface area contributed by atoms with Crippen molar-refractivity contribution in [1.82, 2.24) is 4.90 Å². The highest BCUT2D eigenvalue weighted by Crippen LogP contribution is 2.26. The largest absolute Gasteiger partial charge is 0.490 e. The molecule has 1 aliphatic heterocycles. The van der Waals surface area contributed by atoms with Crippen molar-refractivity contribution in [3.05, 3.63) is 24.3 Å². The molecule has 0 bridgehead atoms. The lowest BCUT2D eigenvalue weighted by molar-refractivity contribution is 0.181. The highest BCUT2D eigenvalue weighted by atomic mass is 35.5. The van der Waals surface area contributed by atoms with Gasteiger partial charge in [-0.3, -0.25) is 4.90 Å². The Labute approximate surface area is 120 Å². The van der Waals surface area contributed by atoms with E-state index >= 15 is 0 Å². The number of benzene rings is 1. The summed E-state index contributed by atoms with van der Waals surface area (Å²) < 4.78 is 11.4. The number of likely N-dealkylation sites (tertiary alicyclic amines) is 1. The Balaban J connectivity index is 1.78. The summed E-state index contributed by atoms with van der Waals surface area (Å²) in [6, 6.07) is 7.81. The summed E-state index contributed by atoms with van der Waals surface area (Å²) in [7, 11) is 0. The van der Waals surface area contributed by atoms with Gasteiger partial charge in [0.05, 0.1) is 6.61 Å². The average Bonchev–Trinajstić information content (AvgIpc) is 2.41. The van der Waals surface area contributed by atoms with E-state index in [1.54, 1.807) is 0 Å². The second-order valence-electron chi connectivity index (χ2n) is 4.77. The molecule has 0 aromatic heterocycles. The minimum absolute atomic E-state index is 0.296. The Morgan fingerprint density at radius 1 is 1.26 bits per heavy atom. The van der Waals surface area contributed by atoms with Crippen LogP contribution in [0.2, 0.25) is 0 Å². The molecule has 0 radical (unpaired) electrons. The first-order valence-corrected chi connectivity index (χ1v) is 7.44. The molecule has 0 N–H and O–H groups in total. The van der Waals surface area contributed by atoms with Crippen molar-refractivity contribution in [2.45, 2.75) is 25.1 Å². The average molecular weight is 284 g/mol. The van der Waals surface area contributed by atoms with E-state index in [4.69, 9.17) is 21.1 Å². The van der Waals surface area contributed by atoms with Crippen molar-refractivity contribution in [2.24, 2.45) is 0 Å². The Morgan fingerprint density at radius 2 is 2.00 bits per heavy atom. The van der Waals surface area contributed by atoms with Crippen LogP contribution in [0.25, 0.3) is 0 Å². The Bertz CT molecular complexity index is 386. The highest BCUT2D eigenvalue weighted by Gasteiger charge is 2.17. The van der Waals surface area contributed by atoms with Gasteiger partial charge in [0.2, 0.25) is 0 Å². The minimum atomic E-state index is 0.296. The zero-order chi connectivity index (χ0) is 13.5. The van der Waals surface area contributed by atoms with Crippen molar-refractivity contribution in [3.8, 4) is 11.5 Å². The highest BCUT2D eigenvalue weighted by molar-refractivity contribution is 6.20. The van der Waals surface area contributed by atoms with Gasteiger partial charge in [0.15, 0.2) is 11.5 Å². The third-order valence-electron chi connectivity index (χ3n) is 3.26. The molecule has 1 heterocycles. The quantitative estimate of drug-likeness (QED) is 0.749. The predicted octanol–water partition coefficient (Wildman–Crippen LogP) is 3.17. The number of hydrogen-bond donors (Lipinski definition) is 0. The Kier molecular flexibility index (Phi) is 5.80. The van der Waals surface area contributed by atoms with Crippen molar-refractivity contribution in [1.29, 1.82) is 0 Å². The molecule has 1 fully saturated rings. The van der Waals surface area contributed by atoms with Crippen molar-refractivity contribution >= 4 is 11.6 Å². The number of ether oxygens (including phenoxy) is 2. The van der Waals surface area contributed by atoms with Crippen LogP contribution in [-0.4, -0.2) is 43.1 Å². The van der Waals surface area contributed by atoms with Gasteiger partial charge in [-0.15, -0.1) is 11.6 Å². The fourth-order valence-corrected chi connectivity index (χ4v) is 2.68. The lowest BCUT2D eigenvalue weighted by atomic mass is 10.1. The molecule has 0 spiro atoms. The van der Waals surface area contributed by atoms with E-state index in [0.29, 0.717) is 18.6 Å². The fourth-order valence-electron chi connectivity index (χ4n) is 2.33. The summed E-state index contributed by atoms with van der Waals surface area (Å²) in [4.78, 5) is 2.37. The maximum absolute atomic E-state index is 6.17. The number of nitrogens with zero attached hydrogens (tertiary/aromatic N) is 1. The standard InChI is InChI=1S/C15H22ClNO2/c1-2-18-14-7-3-4-8-15(14)19-11-10-17-9-5-6-13(16)12-17/h3-4,7-8,13H,2,5-6,9-12H2,1H3. The zero-order valence-corrected chi connectivity index (χ0v) is 12.2. The van der Waals surface area contributed by atoms with E-state index in [0.717, 1.165) is 37.6 Å². The molecule has 0 saturated carbocycles. The molecule has 106 valence electrons. The zero-order valence-electron chi connectivity index (χ0n) is 11.5. The second-order valence-corrected chi connectivity index (χ2v) is 5.39. The van der Waals surface area contributed by atoms with Gasteiger partial charge in [-0.05, 0) is 38.4 Å². The molecule has 3 nitrogen and oxygen atoms in total. The van der Waals surface area contributed by atoms with Gasteiger partial charge in [0.1, 0.15) is 6.61 Å². The number of halogens is 1. The topological polar surface area (TPSA) is 21.7 Å². The molecule has 1 aromatic carbocycles. The lowest BCUT2D eigenvalue weighted by Gasteiger charge is -2.29. The van der Waals surface area contributed by atoms with Crippen LogP contribution in [0.5, 0.6) is 11.5 Å². The molecule has 0 amide bonds. The summed E-state index contributed by atoms with van der Waals surface area (Å²) in [5.41, 5.74) is 0. The number of rotatable bonds is 6. The molecule has 0 aliphatic carbocycles. The van der Waals surface area contributed by atoms with Crippen LogP contribution in [-0.2, 0) is 0 Å². The minimum Gasteiger partial charge on any atom is -0.490 e. The maximum Gasteiger partial charge on any atom is 0.161 e. The molecular formula is C15H22ClNO2. The van der Waals surface area contributed by atoms with Crippen LogP contribution in [0.15, 0.2) is 24.3 Å². The molecule has 1 aromatic rings. The van der Waals surface area contributed by atoms with E-state index in [-0.39, 0.29) is 0 Å². The third kappa shape index (κ3) is 4.59. The van der Waals surface area contributed by atoms with Crippen LogP contribution in [0, 0.1) is 0 Å². The first kappa shape index (κ1) is 14.5. The molecule has 1 saturated heterocycles. The summed E-state index contributed by atoms with van der Waals surface area (Å²) in [6.07, 6.45) is 2.32. The van der Waals surface area contributed by atoms with E-state index in [1.807, 2.05) is 31.2 Å². The van der Waals surface area contributed by atoms with Gasteiger partial charge in [0, 0.05) is 18.5 Å². The SMILES string of the molecule is CCOc1ccccc1OCCN1CCCC(Cl)C1. The maximum atomic E-state index is 6.17.